The first-order valence-corrected chi connectivity index (χ1v) is 13.1. The van der Waals surface area contributed by atoms with E-state index < -0.39 is 6.04 Å². The number of phenolic OH excluding ortho intramolecular Hbond substituents is 1. The molecule has 3 aromatic carbocycles. The highest BCUT2D eigenvalue weighted by atomic mass is 35.5. The van der Waals surface area contributed by atoms with E-state index in [-0.39, 0.29) is 11.7 Å². The molecule has 1 aliphatic rings. The third-order valence-corrected chi connectivity index (χ3v) is 7.71. The van der Waals surface area contributed by atoms with Crippen molar-refractivity contribution in [3.8, 4) is 5.75 Å². The van der Waals surface area contributed by atoms with Gasteiger partial charge in [-0.15, -0.1) is 5.10 Å². The number of aromatic hydroxyl groups is 1. The molecule has 1 amide bonds. The second kappa shape index (κ2) is 10.3. The number of aromatic nitrogens is 3. The van der Waals surface area contributed by atoms with E-state index in [1.54, 1.807) is 28.9 Å². The Morgan fingerprint density at radius 3 is 2.59 bits per heavy atom. The monoisotopic (exact) mass is 531 g/mol. The zero-order chi connectivity index (χ0) is 26.1. The molecule has 188 valence electrons. The largest absolute Gasteiger partial charge is 0.508 e. The number of aryl methyl sites for hydroxylation is 1. The summed E-state index contributed by atoms with van der Waals surface area (Å²) in [6, 6.07) is 19.8. The molecule has 3 N–H and O–H groups in total. The second-order valence-electron chi connectivity index (χ2n) is 8.90. The number of phenols is 1. The number of carbonyl (C=O) groups excluding carboxylic acids is 1. The van der Waals surface area contributed by atoms with E-state index >= 15 is 0 Å². The molecule has 1 aromatic heterocycles. The molecule has 1 unspecified atom stereocenters. The third kappa shape index (κ3) is 5.08. The standard InChI is InChI=1S/C28H26ClN5O2S/c1-16-7-6-10-23(17(16)2)31-26(36)24-18(3)30-27-32-28(37-15-20-8-4-5-9-22(20)29)33-34(27)25(24)19-11-13-21(35)14-12-19/h4-14,25,35H,15H2,1-3H3,(H,31,36)(H,30,32,33). The zero-order valence-corrected chi connectivity index (χ0v) is 22.2. The van der Waals surface area contributed by atoms with Crippen molar-refractivity contribution in [2.45, 2.75) is 37.7 Å². The fraction of sp³-hybridized carbons (Fsp3) is 0.179. The lowest BCUT2D eigenvalue weighted by atomic mass is 9.94. The molecule has 0 saturated heterocycles. The molecular weight excluding hydrogens is 506 g/mol. The topological polar surface area (TPSA) is 92.1 Å². The van der Waals surface area contributed by atoms with Crippen LogP contribution < -0.4 is 10.6 Å². The number of allylic oxidation sites excluding steroid dienone is 1. The molecule has 4 aromatic rings. The number of nitrogens with zero attached hydrogens (tertiary/aromatic N) is 3. The van der Waals surface area contributed by atoms with Gasteiger partial charge >= 0.3 is 0 Å². The summed E-state index contributed by atoms with van der Waals surface area (Å²) in [5, 5.41) is 22.3. The Labute approximate surface area is 224 Å². The van der Waals surface area contributed by atoms with Gasteiger partial charge in [-0.1, -0.05) is 65.8 Å². The first-order chi connectivity index (χ1) is 17.8. The first-order valence-electron chi connectivity index (χ1n) is 11.8. The summed E-state index contributed by atoms with van der Waals surface area (Å²) < 4.78 is 1.73. The lowest BCUT2D eigenvalue weighted by Crippen LogP contribution is -2.31. The summed E-state index contributed by atoms with van der Waals surface area (Å²) in [6.07, 6.45) is 0. The van der Waals surface area contributed by atoms with E-state index in [9.17, 15) is 9.90 Å². The fourth-order valence-electron chi connectivity index (χ4n) is 4.29. The van der Waals surface area contributed by atoms with E-state index in [0.717, 1.165) is 27.9 Å². The lowest BCUT2D eigenvalue weighted by molar-refractivity contribution is -0.113. The number of hydrogen-bond donors (Lipinski definition) is 3. The van der Waals surface area contributed by atoms with Crippen LogP contribution >= 0.6 is 23.4 Å². The maximum atomic E-state index is 13.7. The van der Waals surface area contributed by atoms with Crippen molar-refractivity contribution < 1.29 is 9.90 Å². The first kappa shape index (κ1) is 24.9. The smallest absolute Gasteiger partial charge is 0.255 e. The van der Waals surface area contributed by atoms with Gasteiger partial charge in [0, 0.05) is 22.2 Å². The Morgan fingerprint density at radius 2 is 1.84 bits per heavy atom. The van der Waals surface area contributed by atoms with E-state index in [1.807, 2.05) is 63.2 Å². The van der Waals surface area contributed by atoms with Crippen molar-refractivity contribution in [3.05, 3.63) is 105 Å². The minimum absolute atomic E-state index is 0.148. The van der Waals surface area contributed by atoms with Crippen LogP contribution in [0.2, 0.25) is 5.02 Å². The van der Waals surface area contributed by atoms with E-state index in [0.29, 0.717) is 33.2 Å². The van der Waals surface area contributed by atoms with Gasteiger partial charge < -0.3 is 15.7 Å². The lowest BCUT2D eigenvalue weighted by Gasteiger charge is -2.29. The Balaban J connectivity index is 1.50. The van der Waals surface area contributed by atoms with Crippen LogP contribution in [0.25, 0.3) is 0 Å². The van der Waals surface area contributed by atoms with Crippen molar-refractivity contribution in [1.29, 1.82) is 0 Å². The molecule has 0 spiro atoms. The highest BCUT2D eigenvalue weighted by Crippen LogP contribution is 2.38. The highest BCUT2D eigenvalue weighted by molar-refractivity contribution is 7.98. The number of thioether (sulfide) groups is 1. The van der Waals surface area contributed by atoms with Crippen molar-refractivity contribution in [2.24, 2.45) is 0 Å². The Morgan fingerprint density at radius 1 is 1.08 bits per heavy atom. The number of carbonyl (C=O) groups is 1. The minimum Gasteiger partial charge on any atom is -0.508 e. The van der Waals surface area contributed by atoms with Gasteiger partial charge in [0.05, 0.1) is 5.57 Å². The van der Waals surface area contributed by atoms with Crippen molar-refractivity contribution >= 4 is 40.9 Å². The molecule has 0 radical (unpaired) electrons. The van der Waals surface area contributed by atoms with Gasteiger partial charge in [0.2, 0.25) is 11.1 Å². The summed E-state index contributed by atoms with van der Waals surface area (Å²) >= 11 is 7.80. The van der Waals surface area contributed by atoms with Gasteiger partial charge in [-0.2, -0.15) is 4.98 Å². The molecule has 37 heavy (non-hydrogen) atoms. The molecule has 0 aliphatic carbocycles. The number of amides is 1. The molecule has 1 aliphatic heterocycles. The van der Waals surface area contributed by atoms with Crippen LogP contribution in [-0.2, 0) is 10.5 Å². The molecule has 9 heteroatoms. The predicted octanol–water partition coefficient (Wildman–Crippen LogP) is 6.47. The zero-order valence-electron chi connectivity index (χ0n) is 20.6. The van der Waals surface area contributed by atoms with Crippen molar-refractivity contribution in [2.75, 3.05) is 10.6 Å². The maximum Gasteiger partial charge on any atom is 0.255 e. The van der Waals surface area contributed by atoms with Crippen LogP contribution in [0.1, 0.15) is 35.2 Å². The second-order valence-corrected chi connectivity index (χ2v) is 10.3. The van der Waals surface area contributed by atoms with Gasteiger partial charge in [0.1, 0.15) is 11.8 Å². The SMILES string of the molecule is CC1=C(C(=O)Nc2cccc(C)c2C)C(c2ccc(O)cc2)n2nc(SCc3ccccc3Cl)nc2N1. The Hall–Kier alpha value is -3.75. The number of anilines is 2. The molecular formula is C28H26ClN5O2S. The van der Waals surface area contributed by atoms with Gasteiger partial charge in [0.15, 0.2) is 0 Å². The molecule has 1 atom stereocenters. The number of nitrogens with one attached hydrogen (secondary N) is 2. The number of hydrogen-bond acceptors (Lipinski definition) is 6. The van der Waals surface area contributed by atoms with Crippen LogP contribution in [0.3, 0.4) is 0 Å². The van der Waals surface area contributed by atoms with Crippen LogP contribution in [0.5, 0.6) is 5.75 Å². The molecule has 7 nitrogen and oxygen atoms in total. The fourth-order valence-corrected chi connectivity index (χ4v) is 5.40. The van der Waals surface area contributed by atoms with Crippen LogP contribution in [0, 0.1) is 13.8 Å². The summed E-state index contributed by atoms with van der Waals surface area (Å²) in [7, 11) is 0. The number of rotatable bonds is 6. The van der Waals surface area contributed by atoms with E-state index in [4.69, 9.17) is 16.7 Å². The van der Waals surface area contributed by atoms with Crippen LogP contribution in [0.4, 0.5) is 11.6 Å². The maximum absolute atomic E-state index is 13.7. The van der Waals surface area contributed by atoms with E-state index in [1.165, 1.54) is 11.8 Å². The summed E-state index contributed by atoms with van der Waals surface area (Å²) in [5.74, 6) is 1.07. The quantitative estimate of drug-likeness (QED) is 0.247. The minimum atomic E-state index is -0.538. The Kier molecular flexibility index (Phi) is 6.95. The van der Waals surface area contributed by atoms with Gasteiger partial charge in [0.25, 0.3) is 5.91 Å². The molecule has 2 heterocycles. The average Bonchev–Trinajstić information content (AvgIpc) is 3.28. The third-order valence-electron chi connectivity index (χ3n) is 6.45. The summed E-state index contributed by atoms with van der Waals surface area (Å²) in [6.45, 7) is 5.86. The summed E-state index contributed by atoms with van der Waals surface area (Å²) in [4.78, 5) is 18.4. The van der Waals surface area contributed by atoms with E-state index in [2.05, 4.69) is 15.6 Å². The number of fused-ring (bicyclic) bond motifs is 1. The number of benzene rings is 3. The molecule has 5 rings (SSSR count). The van der Waals surface area contributed by atoms with Gasteiger partial charge in [-0.3, -0.25) is 4.79 Å². The Bertz CT molecular complexity index is 1510. The van der Waals surface area contributed by atoms with Crippen LogP contribution in [0.15, 0.2) is 83.2 Å². The highest BCUT2D eigenvalue weighted by Gasteiger charge is 2.34. The molecule has 0 bridgehead atoms. The van der Waals surface area contributed by atoms with Crippen LogP contribution in [-0.4, -0.2) is 25.8 Å². The van der Waals surface area contributed by atoms with Crippen molar-refractivity contribution in [1.82, 2.24) is 14.8 Å². The number of halogens is 1. The molecule has 0 fully saturated rings. The normalized spacial score (nSPS) is 14.8. The van der Waals surface area contributed by atoms with Gasteiger partial charge in [-0.05, 0) is 67.3 Å². The predicted molar refractivity (Wildman–Crippen MR) is 148 cm³/mol. The average molecular weight is 532 g/mol. The molecule has 0 saturated carbocycles. The van der Waals surface area contributed by atoms with Crippen molar-refractivity contribution in [3.63, 3.8) is 0 Å². The summed E-state index contributed by atoms with van der Waals surface area (Å²) in [5.41, 5.74) is 5.87. The van der Waals surface area contributed by atoms with Gasteiger partial charge in [-0.25, -0.2) is 4.68 Å².